The summed E-state index contributed by atoms with van der Waals surface area (Å²) in [4.78, 5) is 27.6. The van der Waals surface area contributed by atoms with Gasteiger partial charge in [-0.2, -0.15) is 4.98 Å². The summed E-state index contributed by atoms with van der Waals surface area (Å²) in [6, 6.07) is 11.2. The zero-order chi connectivity index (χ0) is 20.5. The molecule has 0 bridgehead atoms. The summed E-state index contributed by atoms with van der Waals surface area (Å²) < 4.78 is 11.0. The molecule has 6 nitrogen and oxygen atoms in total. The van der Waals surface area contributed by atoms with E-state index in [1.54, 1.807) is 23.7 Å². The highest BCUT2D eigenvalue weighted by Crippen LogP contribution is 2.42. The van der Waals surface area contributed by atoms with Crippen LogP contribution in [-0.4, -0.2) is 28.0 Å². The normalized spacial score (nSPS) is 12.7. The molecule has 0 saturated carbocycles. The fraction of sp³-hybridized carbons (Fsp3) is 0.217. The molecule has 0 amide bonds. The van der Waals surface area contributed by atoms with Gasteiger partial charge in [-0.3, -0.25) is 9.78 Å². The van der Waals surface area contributed by atoms with Crippen molar-refractivity contribution in [3.8, 4) is 23.0 Å². The number of thiophene rings is 1. The molecular formula is C23H19N3O3S. The molecule has 0 N–H and O–H groups in total. The topological polar surface area (TPSA) is 74.2 Å². The van der Waals surface area contributed by atoms with E-state index in [0.29, 0.717) is 17.5 Å². The largest absolute Gasteiger partial charge is 0.469 e. The lowest BCUT2D eigenvalue weighted by atomic mass is 10.1. The summed E-state index contributed by atoms with van der Waals surface area (Å²) in [6.07, 6.45) is 6.99. The Morgan fingerprint density at radius 2 is 2.00 bits per heavy atom. The van der Waals surface area contributed by atoms with Gasteiger partial charge in [0.05, 0.1) is 18.9 Å². The molecule has 0 spiro atoms. The zero-order valence-electron chi connectivity index (χ0n) is 16.4. The number of aromatic nitrogens is 3. The van der Waals surface area contributed by atoms with Crippen molar-refractivity contribution >= 4 is 27.5 Å². The van der Waals surface area contributed by atoms with E-state index >= 15 is 0 Å². The monoisotopic (exact) mass is 417 g/mol. The average molecular weight is 417 g/mol. The third kappa shape index (κ3) is 3.52. The van der Waals surface area contributed by atoms with Gasteiger partial charge in [-0.25, -0.2) is 4.98 Å². The van der Waals surface area contributed by atoms with Gasteiger partial charge in [-0.15, -0.1) is 11.3 Å². The summed E-state index contributed by atoms with van der Waals surface area (Å²) in [5.41, 5.74) is 3.03. The Bertz CT molecular complexity index is 1220. The molecule has 0 unspecified atom stereocenters. The van der Waals surface area contributed by atoms with Crippen molar-refractivity contribution in [1.29, 1.82) is 0 Å². The molecule has 5 rings (SSSR count). The number of ether oxygens (including phenoxy) is 2. The van der Waals surface area contributed by atoms with Crippen LogP contribution in [-0.2, 0) is 28.8 Å². The standard InChI is InChI=1S/C23H19N3O3S/c1-28-19(27)12-14-7-9-16(10-8-14)29-22-20-17-5-2-6-18(17)30-23(20)26-21(25-22)15-4-3-11-24-13-15/h3-4,7-11,13H,2,5-6,12H2,1H3. The number of carbonyl (C=O) groups is 1. The molecule has 1 aliphatic rings. The molecule has 0 saturated heterocycles. The van der Waals surface area contributed by atoms with Crippen LogP contribution in [0.2, 0.25) is 0 Å². The van der Waals surface area contributed by atoms with Gasteiger partial charge < -0.3 is 9.47 Å². The Kier molecular flexibility index (Phi) is 4.88. The Balaban J connectivity index is 1.54. The maximum Gasteiger partial charge on any atom is 0.309 e. The highest BCUT2D eigenvalue weighted by atomic mass is 32.1. The maximum atomic E-state index is 11.5. The van der Waals surface area contributed by atoms with E-state index in [1.807, 2.05) is 36.4 Å². The first-order valence-corrected chi connectivity index (χ1v) is 10.6. The number of nitrogens with zero attached hydrogens (tertiary/aromatic N) is 3. The molecule has 0 atom stereocenters. The van der Waals surface area contributed by atoms with E-state index in [-0.39, 0.29) is 12.4 Å². The molecule has 3 aromatic heterocycles. The van der Waals surface area contributed by atoms with Crippen LogP contribution in [0.25, 0.3) is 21.6 Å². The first-order valence-electron chi connectivity index (χ1n) is 9.77. The van der Waals surface area contributed by atoms with Gasteiger partial charge in [-0.1, -0.05) is 12.1 Å². The predicted molar refractivity (Wildman–Crippen MR) is 115 cm³/mol. The van der Waals surface area contributed by atoms with E-state index in [1.165, 1.54) is 17.6 Å². The number of carbonyl (C=O) groups excluding carboxylic acids is 1. The minimum Gasteiger partial charge on any atom is -0.469 e. The number of benzene rings is 1. The van der Waals surface area contributed by atoms with Gasteiger partial charge in [-0.05, 0) is 54.7 Å². The molecule has 1 aromatic carbocycles. The van der Waals surface area contributed by atoms with Crippen LogP contribution in [0.4, 0.5) is 0 Å². The second-order valence-corrected chi connectivity index (χ2v) is 8.21. The summed E-state index contributed by atoms with van der Waals surface area (Å²) in [7, 11) is 1.39. The van der Waals surface area contributed by atoms with Gasteiger partial charge in [0, 0.05) is 22.8 Å². The van der Waals surface area contributed by atoms with Crippen LogP contribution >= 0.6 is 11.3 Å². The number of esters is 1. The van der Waals surface area contributed by atoms with Crippen LogP contribution in [0.1, 0.15) is 22.4 Å². The fourth-order valence-corrected chi connectivity index (χ4v) is 4.94. The van der Waals surface area contributed by atoms with E-state index in [4.69, 9.17) is 19.4 Å². The van der Waals surface area contributed by atoms with E-state index < -0.39 is 0 Å². The molecule has 7 heteroatoms. The van der Waals surface area contributed by atoms with Crippen molar-refractivity contribution in [2.24, 2.45) is 0 Å². The molecule has 0 aliphatic heterocycles. The first-order chi connectivity index (χ1) is 14.7. The van der Waals surface area contributed by atoms with Gasteiger partial charge in [0.1, 0.15) is 10.6 Å². The maximum absolute atomic E-state index is 11.5. The number of hydrogen-bond acceptors (Lipinski definition) is 7. The van der Waals surface area contributed by atoms with Crippen LogP contribution in [0.3, 0.4) is 0 Å². The lowest BCUT2D eigenvalue weighted by Crippen LogP contribution is -2.04. The Morgan fingerprint density at radius 3 is 2.77 bits per heavy atom. The van der Waals surface area contributed by atoms with Crippen LogP contribution < -0.4 is 4.74 Å². The number of methoxy groups -OCH3 is 1. The molecule has 150 valence electrons. The Labute approximate surface area is 177 Å². The van der Waals surface area contributed by atoms with E-state index in [9.17, 15) is 4.79 Å². The predicted octanol–water partition coefficient (Wildman–Crippen LogP) is 4.75. The number of hydrogen-bond donors (Lipinski definition) is 0. The van der Waals surface area contributed by atoms with Crippen molar-refractivity contribution in [3.63, 3.8) is 0 Å². The lowest BCUT2D eigenvalue weighted by Gasteiger charge is -2.10. The summed E-state index contributed by atoms with van der Waals surface area (Å²) >= 11 is 1.73. The third-order valence-electron chi connectivity index (χ3n) is 5.17. The highest BCUT2D eigenvalue weighted by Gasteiger charge is 2.24. The van der Waals surface area contributed by atoms with Crippen LogP contribution in [0, 0.1) is 0 Å². The SMILES string of the molecule is COC(=O)Cc1ccc(Oc2nc(-c3cccnc3)nc3sc4c(c23)CCC4)cc1. The minimum atomic E-state index is -0.267. The van der Waals surface area contributed by atoms with Crippen molar-refractivity contribution in [3.05, 3.63) is 64.8 Å². The molecule has 30 heavy (non-hydrogen) atoms. The molecule has 4 aromatic rings. The van der Waals surface area contributed by atoms with Crippen LogP contribution in [0.15, 0.2) is 48.8 Å². The average Bonchev–Trinajstić information content (AvgIpc) is 3.36. The molecule has 0 fully saturated rings. The van der Waals surface area contributed by atoms with Crippen molar-refractivity contribution < 1.29 is 14.3 Å². The first kappa shape index (κ1) is 18.7. The second-order valence-electron chi connectivity index (χ2n) is 7.13. The van der Waals surface area contributed by atoms with Crippen molar-refractivity contribution in [2.75, 3.05) is 7.11 Å². The quantitative estimate of drug-likeness (QED) is 0.436. The zero-order valence-corrected chi connectivity index (χ0v) is 17.2. The third-order valence-corrected chi connectivity index (χ3v) is 6.35. The lowest BCUT2D eigenvalue weighted by molar-refractivity contribution is -0.139. The Hall–Kier alpha value is -3.32. The summed E-state index contributed by atoms with van der Waals surface area (Å²) in [6.45, 7) is 0. The van der Waals surface area contributed by atoms with Gasteiger partial charge in [0.25, 0.3) is 0 Å². The highest BCUT2D eigenvalue weighted by molar-refractivity contribution is 7.19. The second kappa shape index (κ2) is 7.84. The fourth-order valence-electron chi connectivity index (χ4n) is 3.69. The van der Waals surface area contributed by atoms with E-state index in [0.717, 1.165) is 40.6 Å². The van der Waals surface area contributed by atoms with E-state index in [2.05, 4.69) is 4.98 Å². The number of fused-ring (bicyclic) bond motifs is 3. The van der Waals surface area contributed by atoms with Gasteiger partial charge in [0.15, 0.2) is 5.82 Å². The smallest absolute Gasteiger partial charge is 0.309 e. The minimum absolute atomic E-state index is 0.234. The van der Waals surface area contributed by atoms with Crippen molar-refractivity contribution in [2.45, 2.75) is 25.7 Å². The van der Waals surface area contributed by atoms with Gasteiger partial charge in [0.2, 0.25) is 5.88 Å². The summed E-state index contributed by atoms with van der Waals surface area (Å²) in [5.74, 6) is 1.57. The molecular weight excluding hydrogens is 398 g/mol. The Morgan fingerprint density at radius 1 is 1.13 bits per heavy atom. The number of pyridine rings is 1. The van der Waals surface area contributed by atoms with Crippen molar-refractivity contribution in [1.82, 2.24) is 15.0 Å². The summed E-state index contributed by atoms with van der Waals surface area (Å²) in [5, 5.41) is 1.01. The molecule has 1 aliphatic carbocycles. The molecule has 3 heterocycles. The number of aryl methyl sites for hydroxylation is 2. The van der Waals surface area contributed by atoms with Crippen LogP contribution in [0.5, 0.6) is 11.6 Å². The molecule has 0 radical (unpaired) electrons. The van der Waals surface area contributed by atoms with Gasteiger partial charge >= 0.3 is 5.97 Å². The number of rotatable bonds is 5.